The van der Waals surface area contributed by atoms with Crippen LogP contribution in [-0.2, 0) is 0 Å². The van der Waals surface area contributed by atoms with Crippen LogP contribution in [0.1, 0.15) is 18.4 Å². The van der Waals surface area contributed by atoms with Gasteiger partial charge < -0.3 is 0 Å². The van der Waals surface area contributed by atoms with Gasteiger partial charge >= 0.3 is 0 Å². The van der Waals surface area contributed by atoms with E-state index in [0.717, 1.165) is 11.5 Å². The first-order valence-electron chi connectivity index (χ1n) is 4.66. The van der Waals surface area contributed by atoms with Crippen LogP contribution in [0.25, 0.3) is 0 Å². The van der Waals surface area contributed by atoms with Crippen LogP contribution in [0, 0.1) is 0 Å². The van der Waals surface area contributed by atoms with E-state index < -0.39 is 0 Å². The van der Waals surface area contributed by atoms with Crippen LogP contribution in [0.5, 0.6) is 0 Å². The van der Waals surface area contributed by atoms with Crippen molar-refractivity contribution in [2.75, 3.05) is 11.5 Å². The van der Waals surface area contributed by atoms with Gasteiger partial charge in [-0.3, -0.25) is 0 Å². The van der Waals surface area contributed by atoms with E-state index in [1.165, 1.54) is 23.3 Å². The third kappa shape index (κ3) is 4.03. The smallest absolute Gasteiger partial charge is 0.0153 e. The minimum Gasteiger partial charge on any atom is -0.179 e. The van der Waals surface area contributed by atoms with Crippen molar-refractivity contribution in [2.24, 2.45) is 0 Å². The Morgan fingerprint density at radius 3 is 2.79 bits per heavy atom. The molecule has 3 heteroatoms. The summed E-state index contributed by atoms with van der Waals surface area (Å²) in [7, 11) is 0. The molecule has 0 aliphatic heterocycles. The molecule has 0 aromatic heterocycles. The third-order valence-electron chi connectivity index (χ3n) is 1.86. The van der Waals surface area contributed by atoms with E-state index in [1.807, 2.05) is 17.8 Å². The predicted molar refractivity (Wildman–Crippen MR) is 73.0 cm³/mol. The van der Waals surface area contributed by atoms with Gasteiger partial charge in [0.2, 0.25) is 0 Å². The lowest BCUT2D eigenvalue weighted by Crippen LogP contribution is -1.86. The zero-order valence-corrected chi connectivity index (χ0v) is 10.5. The van der Waals surface area contributed by atoms with Crippen LogP contribution in [0.2, 0.25) is 0 Å². The minimum atomic E-state index is 0.982. The van der Waals surface area contributed by atoms with Crippen molar-refractivity contribution in [1.82, 2.24) is 0 Å². The minimum absolute atomic E-state index is 0.982. The molecule has 14 heavy (non-hydrogen) atoms. The van der Waals surface area contributed by atoms with Crippen LogP contribution in [0.15, 0.2) is 29.2 Å². The number of hydrogen-bond donors (Lipinski definition) is 1. The van der Waals surface area contributed by atoms with Gasteiger partial charge in [0.25, 0.3) is 0 Å². The van der Waals surface area contributed by atoms with Crippen molar-refractivity contribution in [3.8, 4) is 0 Å². The standard InChI is InChI=1S/C11H14S3/c12-7-3-4-8-14-11-6-2-1-5-10(11)9-13/h1-2,5-6,9,12H,3-4,7-8H2. The van der Waals surface area contributed by atoms with Gasteiger partial charge in [0.05, 0.1) is 0 Å². The van der Waals surface area contributed by atoms with Gasteiger partial charge in [0.15, 0.2) is 0 Å². The first kappa shape index (κ1) is 12.1. The van der Waals surface area contributed by atoms with Crippen molar-refractivity contribution >= 4 is 42.0 Å². The molecular formula is C11H14S3. The SMILES string of the molecule is S=Cc1ccccc1SCCCCS. The van der Waals surface area contributed by atoms with Crippen LogP contribution in [0.4, 0.5) is 0 Å². The molecule has 0 spiro atoms. The third-order valence-corrected chi connectivity index (χ3v) is 3.60. The van der Waals surface area contributed by atoms with Gasteiger partial charge in [0, 0.05) is 10.3 Å². The van der Waals surface area contributed by atoms with E-state index >= 15 is 0 Å². The fourth-order valence-corrected chi connectivity index (χ4v) is 2.65. The number of thiol groups is 1. The van der Waals surface area contributed by atoms with Crippen LogP contribution in [0.3, 0.4) is 0 Å². The Morgan fingerprint density at radius 1 is 1.29 bits per heavy atom. The Hall–Kier alpha value is 0.01000. The van der Waals surface area contributed by atoms with Crippen LogP contribution < -0.4 is 0 Å². The summed E-state index contributed by atoms with van der Waals surface area (Å²) < 4.78 is 0. The number of rotatable bonds is 6. The zero-order chi connectivity index (χ0) is 10.2. The fourth-order valence-electron chi connectivity index (χ4n) is 1.11. The summed E-state index contributed by atoms with van der Waals surface area (Å²) in [6.45, 7) is 0. The molecule has 1 aromatic rings. The molecule has 76 valence electrons. The molecule has 0 saturated carbocycles. The summed E-state index contributed by atoms with van der Waals surface area (Å²) >= 11 is 11.0. The maximum atomic E-state index is 4.96. The van der Waals surface area contributed by atoms with Gasteiger partial charge in [-0.25, -0.2) is 0 Å². The number of hydrogen-bond acceptors (Lipinski definition) is 3. The van der Waals surface area contributed by atoms with E-state index in [0.29, 0.717) is 0 Å². The Kier molecular flexibility index (Phi) is 6.32. The Bertz CT molecular complexity index is 284. The second-order valence-electron chi connectivity index (χ2n) is 2.93. The lowest BCUT2D eigenvalue weighted by atomic mass is 10.2. The number of thiocarbonyl (C=S) groups is 1. The highest BCUT2D eigenvalue weighted by atomic mass is 32.2. The quantitative estimate of drug-likeness (QED) is 0.348. The normalized spacial score (nSPS) is 10.1. The maximum Gasteiger partial charge on any atom is 0.0153 e. The van der Waals surface area contributed by atoms with E-state index in [-0.39, 0.29) is 0 Å². The van der Waals surface area contributed by atoms with Crippen molar-refractivity contribution in [3.05, 3.63) is 29.8 Å². The molecule has 0 atom stereocenters. The Labute approximate surface area is 101 Å². The van der Waals surface area contributed by atoms with Crippen molar-refractivity contribution in [2.45, 2.75) is 17.7 Å². The first-order valence-corrected chi connectivity index (χ1v) is 6.75. The van der Waals surface area contributed by atoms with Gasteiger partial charge in [-0.15, -0.1) is 11.8 Å². The molecule has 0 N–H and O–H groups in total. The average molecular weight is 242 g/mol. The topological polar surface area (TPSA) is 0 Å². The molecule has 0 heterocycles. The van der Waals surface area contributed by atoms with Gasteiger partial charge in [-0.2, -0.15) is 12.6 Å². The van der Waals surface area contributed by atoms with Crippen molar-refractivity contribution < 1.29 is 0 Å². The van der Waals surface area contributed by atoms with Crippen LogP contribution >= 0.6 is 36.6 Å². The van der Waals surface area contributed by atoms with E-state index in [2.05, 4.69) is 30.8 Å². The molecule has 0 amide bonds. The Morgan fingerprint density at radius 2 is 2.07 bits per heavy atom. The summed E-state index contributed by atoms with van der Waals surface area (Å²) in [5.74, 6) is 2.14. The Balaban J connectivity index is 2.45. The average Bonchev–Trinajstić information content (AvgIpc) is 2.25. The van der Waals surface area contributed by atoms with Crippen LogP contribution in [-0.4, -0.2) is 16.9 Å². The van der Waals surface area contributed by atoms with Crippen molar-refractivity contribution in [3.63, 3.8) is 0 Å². The fraction of sp³-hybridized carbons (Fsp3) is 0.364. The summed E-state index contributed by atoms with van der Waals surface area (Å²) in [6, 6.07) is 8.27. The second-order valence-corrected chi connectivity index (χ2v) is 4.75. The molecule has 0 saturated heterocycles. The largest absolute Gasteiger partial charge is 0.179 e. The zero-order valence-electron chi connectivity index (χ0n) is 7.98. The van der Waals surface area contributed by atoms with Crippen molar-refractivity contribution in [1.29, 1.82) is 0 Å². The highest BCUT2D eigenvalue weighted by Gasteiger charge is 1.98. The molecular weight excluding hydrogens is 228 g/mol. The molecule has 0 aliphatic rings. The second kappa shape index (κ2) is 7.32. The summed E-state index contributed by atoms with van der Waals surface area (Å²) in [6.07, 6.45) is 2.41. The molecule has 0 nitrogen and oxygen atoms in total. The summed E-state index contributed by atoms with van der Waals surface area (Å²) in [4.78, 5) is 1.29. The predicted octanol–water partition coefficient (Wildman–Crippen LogP) is 3.84. The van der Waals surface area contributed by atoms with E-state index in [9.17, 15) is 0 Å². The molecule has 1 rings (SSSR count). The molecule has 0 unspecified atom stereocenters. The first-order chi connectivity index (χ1) is 6.88. The van der Waals surface area contributed by atoms with E-state index in [4.69, 9.17) is 12.2 Å². The lowest BCUT2D eigenvalue weighted by molar-refractivity contribution is 0.909. The molecule has 1 aromatic carbocycles. The monoisotopic (exact) mass is 242 g/mol. The molecule has 0 aliphatic carbocycles. The summed E-state index contributed by atoms with van der Waals surface area (Å²) in [5.41, 5.74) is 1.17. The highest BCUT2D eigenvalue weighted by molar-refractivity contribution is 7.99. The number of unbranched alkanes of at least 4 members (excludes halogenated alkanes) is 1. The molecule has 0 fully saturated rings. The summed E-state index contributed by atoms with van der Waals surface area (Å²) in [5, 5.41) is 1.75. The number of benzene rings is 1. The number of thioether (sulfide) groups is 1. The van der Waals surface area contributed by atoms with Gasteiger partial charge in [-0.05, 0) is 36.0 Å². The highest BCUT2D eigenvalue weighted by Crippen LogP contribution is 2.22. The molecule has 0 bridgehead atoms. The van der Waals surface area contributed by atoms with Gasteiger partial charge in [0.1, 0.15) is 0 Å². The lowest BCUT2D eigenvalue weighted by Gasteiger charge is -2.03. The van der Waals surface area contributed by atoms with E-state index in [1.54, 1.807) is 5.37 Å². The maximum absolute atomic E-state index is 4.96. The van der Waals surface area contributed by atoms with Gasteiger partial charge in [-0.1, -0.05) is 30.4 Å². The molecule has 0 radical (unpaired) electrons.